The number of hydrogen-bond acceptors (Lipinski definition) is 3. The maximum atomic E-state index is 11.9. The summed E-state index contributed by atoms with van der Waals surface area (Å²) in [5.74, 6) is 0.950. The van der Waals surface area contributed by atoms with Crippen LogP contribution in [-0.2, 0) is 4.79 Å². The molecule has 0 saturated carbocycles. The molecule has 0 bridgehead atoms. The Morgan fingerprint density at radius 2 is 1.84 bits per heavy atom. The molecule has 0 saturated heterocycles. The van der Waals surface area contributed by atoms with E-state index < -0.39 is 0 Å². The minimum absolute atomic E-state index is 0.0621. The first-order valence-corrected chi connectivity index (χ1v) is 8.49. The van der Waals surface area contributed by atoms with Crippen molar-refractivity contribution >= 4 is 12.1 Å². The van der Waals surface area contributed by atoms with E-state index in [2.05, 4.69) is 42.6 Å². The van der Waals surface area contributed by atoms with Crippen LogP contribution in [0.4, 0.5) is 0 Å². The van der Waals surface area contributed by atoms with Gasteiger partial charge in [0.05, 0.1) is 6.21 Å². The molecule has 1 N–H and O–H groups in total. The molecule has 0 heterocycles. The molecule has 4 nitrogen and oxygen atoms in total. The van der Waals surface area contributed by atoms with Gasteiger partial charge < -0.3 is 4.74 Å². The molecular formula is C21H26N2O2. The maximum Gasteiger partial charge on any atom is 0.277 e. The molecule has 2 rings (SSSR count). The largest absolute Gasteiger partial charge is 0.483 e. The average Bonchev–Trinajstić information content (AvgIpc) is 2.57. The minimum Gasteiger partial charge on any atom is -0.483 e. The highest BCUT2D eigenvalue weighted by atomic mass is 16.5. The summed E-state index contributed by atoms with van der Waals surface area (Å²) in [5, 5.41) is 3.98. The zero-order chi connectivity index (χ0) is 18.4. The Balaban J connectivity index is 1.86. The Labute approximate surface area is 149 Å². The van der Waals surface area contributed by atoms with Crippen molar-refractivity contribution in [1.82, 2.24) is 5.43 Å². The van der Waals surface area contributed by atoms with E-state index in [4.69, 9.17) is 4.74 Å². The quantitative estimate of drug-likeness (QED) is 0.632. The van der Waals surface area contributed by atoms with Crippen molar-refractivity contribution in [2.45, 2.75) is 40.5 Å². The smallest absolute Gasteiger partial charge is 0.277 e. The van der Waals surface area contributed by atoms with Crippen LogP contribution in [0, 0.1) is 20.8 Å². The van der Waals surface area contributed by atoms with E-state index in [0.29, 0.717) is 5.92 Å². The first-order chi connectivity index (χ1) is 11.9. The highest BCUT2D eigenvalue weighted by molar-refractivity contribution is 5.83. The fourth-order valence-electron chi connectivity index (χ4n) is 2.47. The van der Waals surface area contributed by atoms with Crippen LogP contribution >= 0.6 is 0 Å². The molecule has 4 heteroatoms. The summed E-state index contributed by atoms with van der Waals surface area (Å²) in [6.45, 7) is 10.3. The first-order valence-electron chi connectivity index (χ1n) is 8.49. The summed E-state index contributed by atoms with van der Waals surface area (Å²) in [4.78, 5) is 11.9. The van der Waals surface area contributed by atoms with Crippen molar-refractivity contribution in [2.75, 3.05) is 6.61 Å². The lowest BCUT2D eigenvalue weighted by Gasteiger charge is -2.11. The van der Waals surface area contributed by atoms with Gasteiger partial charge in [-0.05, 0) is 60.6 Å². The summed E-state index contributed by atoms with van der Waals surface area (Å²) in [6, 6.07) is 12.1. The summed E-state index contributed by atoms with van der Waals surface area (Å²) >= 11 is 0. The molecule has 0 radical (unpaired) electrons. The van der Waals surface area contributed by atoms with Gasteiger partial charge >= 0.3 is 0 Å². The van der Waals surface area contributed by atoms with Gasteiger partial charge in [0, 0.05) is 0 Å². The van der Waals surface area contributed by atoms with Crippen LogP contribution in [-0.4, -0.2) is 18.7 Å². The normalized spacial score (nSPS) is 11.1. The molecule has 2 aromatic carbocycles. The fourth-order valence-corrected chi connectivity index (χ4v) is 2.47. The number of hydrogen-bond donors (Lipinski definition) is 1. The van der Waals surface area contributed by atoms with E-state index in [1.165, 1.54) is 5.56 Å². The summed E-state index contributed by atoms with van der Waals surface area (Å²) in [7, 11) is 0. The van der Waals surface area contributed by atoms with Crippen molar-refractivity contribution in [1.29, 1.82) is 0 Å². The van der Waals surface area contributed by atoms with Crippen LogP contribution in [0.3, 0.4) is 0 Å². The monoisotopic (exact) mass is 338 g/mol. The Bertz CT molecular complexity index is 762. The third-order valence-electron chi connectivity index (χ3n) is 4.13. The highest BCUT2D eigenvalue weighted by Crippen LogP contribution is 2.23. The van der Waals surface area contributed by atoms with E-state index >= 15 is 0 Å². The van der Waals surface area contributed by atoms with Crippen molar-refractivity contribution in [3.63, 3.8) is 0 Å². The lowest BCUT2D eigenvalue weighted by Crippen LogP contribution is -2.24. The number of benzene rings is 2. The van der Waals surface area contributed by atoms with Gasteiger partial charge in [-0.15, -0.1) is 0 Å². The molecule has 2 aromatic rings. The zero-order valence-corrected chi connectivity index (χ0v) is 15.6. The minimum atomic E-state index is -0.284. The maximum absolute atomic E-state index is 11.9. The predicted molar refractivity (Wildman–Crippen MR) is 102 cm³/mol. The SMILES string of the molecule is Cc1cc(C)c(C)c(OCC(=O)N/N=C/c2ccc(C(C)C)cc2)c1. The molecule has 0 spiro atoms. The first kappa shape index (κ1) is 18.7. The third kappa shape index (κ3) is 5.45. The van der Waals surface area contributed by atoms with Gasteiger partial charge in [0.15, 0.2) is 6.61 Å². The Hall–Kier alpha value is -2.62. The Morgan fingerprint density at radius 3 is 2.48 bits per heavy atom. The molecule has 0 aromatic heterocycles. The van der Waals surface area contributed by atoms with Gasteiger partial charge in [0.1, 0.15) is 5.75 Å². The molecular weight excluding hydrogens is 312 g/mol. The number of amides is 1. The number of hydrazone groups is 1. The van der Waals surface area contributed by atoms with Gasteiger partial charge in [-0.1, -0.05) is 44.2 Å². The van der Waals surface area contributed by atoms with Gasteiger partial charge in [0.25, 0.3) is 5.91 Å². The molecule has 0 aliphatic carbocycles. The number of nitrogens with zero attached hydrogens (tertiary/aromatic N) is 1. The molecule has 0 aliphatic heterocycles. The summed E-state index contributed by atoms with van der Waals surface area (Å²) in [6.07, 6.45) is 1.63. The van der Waals surface area contributed by atoms with Crippen LogP contribution in [0.1, 0.15) is 47.6 Å². The second-order valence-corrected chi connectivity index (χ2v) is 6.61. The number of aryl methyl sites for hydroxylation is 2. The molecule has 132 valence electrons. The van der Waals surface area contributed by atoms with E-state index in [1.807, 2.05) is 39.0 Å². The van der Waals surface area contributed by atoms with E-state index in [1.54, 1.807) is 6.21 Å². The number of rotatable bonds is 6. The van der Waals surface area contributed by atoms with Crippen molar-refractivity contribution in [2.24, 2.45) is 5.10 Å². The topological polar surface area (TPSA) is 50.7 Å². The van der Waals surface area contributed by atoms with Gasteiger partial charge in [-0.3, -0.25) is 4.79 Å². The van der Waals surface area contributed by atoms with Crippen molar-refractivity contribution in [3.05, 3.63) is 64.2 Å². The lowest BCUT2D eigenvalue weighted by atomic mass is 10.0. The van der Waals surface area contributed by atoms with E-state index in [-0.39, 0.29) is 12.5 Å². The van der Waals surface area contributed by atoms with Crippen molar-refractivity contribution < 1.29 is 9.53 Å². The van der Waals surface area contributed by atoms with Gasteiger partial charge in [-0.2, -0.15) is 5.10 Å². The second kappa shape index (κ2) is 8.47. The fraction of sp³-hybridized carbons (Fsp3) is 0.333. The van der Waals surface area contributed by atoms with Crippen LogP contribution in [0.5, 0.6) is 5.75 Å². The molecule has 0 unspecified atom stereocenters. The number of carbonyl (C=O) groups is 1. The molecule has 1 amide bonds. The van der Waals surface area contributed by atoms with Crippen molar-refractivity contribution in [3.8, 4) is 5.75 Å². The van der Waals surface area contributed by atoms with Gasteiger partial charge in [-0.25, -0.2) is 5.43 Å². The van der Waals surface area contributed by atoms with Crippen LogP contribution < -0.4 is 10.2 Å². The highest BCUT2D eigenvalue weighted by Gasteiger charge is 2.07. The summed E-state index contributed by atoms with van der Waals surface area (Å²) < 4.78 is 5.62. The predicted octanol–water partition coefficient (Wildman–Crippen LogP) is 4.26. The van der Waals surface area contributed by atoms with Crippen LogP contribution in [0.2, 0.25) is 0 Å². The number of carbonyl (C=O) groups excluding carboxylic acids is 1. The van der Waals surface area contributed by atoms with Crippen LogP contribution in [0.25, 0.3) is 0 Å². The standard InChI is InChI=1S/C21H26N2O2/c1-14(2)19-8-6-18(7-9-19)12-22-23-21(24)13-25-20-11-15(3)10-16(4)17(20)5/h6-12,14H,13H2,1-5H3,(H,23,24)/b22-12+. The number of nitrogens with one attached hydrogen (secondary N) is 1. The Morgan fingerprint density at radius 1 is 1.16 bits per heavy atom. The van der Waals surface area contributed by atoms with E-state index in [9.17, 15) is 4.79 Å². The molecule has 25 heavy (non-hydrogen) atoms. The zero-order valence-electron chi connectivity index (χ0n) is 15.6. The second-order valence-electron chi connectivity index (χ2n) is 6.61. The number of ether oxygens (including phenoxy) is 1. The Kier molecular flexibility index (Phi) is 6.34. The van der Waals surface area contributed by atoms with Crippen LogP contribution in [0.15, 0.2) is 41.5 Å². The van der Waals surface area contributed by atoms with Gasteiger partial charge in [0.2, 0.25) is 0 Å². The third-order valence-corrected chi connectivity index (χ3v) is 4.13. The molecule has 0 fully saturated rings. The van der Waals surface area contributed by atoms with E-state index in [0.717, 1.165) is 28.0 Å². The summed E-state index contributed by atoms with van der Waals surface area (Å²) in [5.41, 5.74) is 8.02. The lowest BCUT2D eigenvalue weighted by molar-refractivity contribution is -0.123. The molecule has 0 aliphatic rings. The molecule has 0 atom stereocenters. The average molecular weight is 338 g/mol.